The normalized spacial score (nSPS) is 15.8. The fourth-order valence-corrected chi connectivity index (χ4v) is 6.86. The van der Waals surface area contributed by atoms with Gasteiger partial charge in [0.15, 0.2) is 0 Å². The molecule has 1 aromatic heterocycles. The molecule has 4 rings (SSSR count). The van der Waals surface area contributed by atoms with Crippen molar-refractivity contribution in [3.8, 4) is 16.9 Å². The van der Waals surface area contributed by atoms with Crippen LogP contribution in [0.15, 0.2) is 35.3 Å². The number of aliphatic carboxylic acids is 1. The minimum atomic E-state index is -5.37. The predicted octanol–water partition coefficient (Wildman–Crippen LogP) is 7.88. The summed E-state index contributed by atoms with van der Waals surface area (Å²) in [7, 11) is 1.30. The van der Waals surface area contributed by atoms with E-state index in [0.29, 0.717) is 30.8 Å². The summed E-state index contributed by atoms with van der Waals surface area (Å²) in [5, 5.41) is 9.92. The van der Waals surface area contributed by atoms with Crippen molar-refractivity contribution in [1.29, 1.82) is 0 Å². The van der Waals surface area contributed by atoms with Crippen molar-refractivity contribution in [3.63, 3.8) is 0 Å². The number of aryl methyl sites for hydroxylation is 1. The molecule has 7 nitrogen and oxygen atoms in total. The molecule has 1 aliphatic rings. The quantitative estimate of drug-likeness (QED) is 0.174. The second-order valence-electron chi connectivity index (χ2n) is 13.5. The summed E-state index contributed by atoms with van der Waals surface area (Å²) in [6.07, 6.45) is -9.80. The van der Waals surface area contributed by atoms with Crippen LogP contribution in [-0.2, 0) is 23.6 Å². The summed E-state index contributed by atoms with van der Waals surface area (Å²) in [4.78, 5) is 27.6. The number of hydrogen-bond acceptors (Lipinski definition) is 5. The van der Waals surface area contributed by atoms with Crippen molar-refractivity contribution in [2.75, 3.05) is 26.7 Å². The number of rotatable bonds is 13. The molecule has 1 saturated heterocycles. The smallest absolute Gasteiger partial charge is 0.419 e. The van der Waals surface area contributed by atoms with Gasteiger partial charge in [0.2, 0.25) is 0 Å². The lowest BCUT2D eigenvalue weighted by Crippen LogP contribution is -2.44. The molecule has 3 atom stereocenters. The van der Waals surface area contributed by atoms with Crippen LogP contribution in [0.3, 0.4) is 0 Å². The summed E-state index contributed by atoms with van der Waals surface area (Å²) in [6.45, 7) is 7.91. The molecule has 1 fully saturated rings. The number of carboxylic acids is 1. The Kier molecular flexibility index (Phi) is 12.0. The number of hydrogen-bond donors (Lipinski definition) is 2. The van der Waals surface area contributed by atoms with Crippen LogP contribution >= 0.6 is 0 Å². The number of methoxy groups -OCH3 is 1. The first kappa shape index (κ1) is 39.8. The minimum Gasteiger partial charge on any atom is -0.496 e. The molecule has 3 N–H and O–H groups in total. The van der Waals surface area contributed by atoms with E-state index in [9.17, 15) is 41.0 Å². The van der Waals surface area contributed by atoms with Gasteiger partial charge in [0.25, 0.3) is 5.56 Å². The molecule has 2 unspecified atom stereocenters. The monoisotopic (exact) mass is 731 g/mol. The van der Waals surface area contributed by atoms with E-state index in [2.05, 4.69) is 0 Å². The molecule has 2 aromatic carbocycles. The molecule has 0 aliphatic carbocycles. The molecule has 51 heavy (non-hydrogen) atoms. The molecule has 0 amide bonds. The molecule has 0 saturated carbocycles. The zero-order valence-electron chi connectivity index (χ0n) is 28.8. The highest BCUT2D eigenvalue weighted by atomic mass is 19.4. The lowest BCUT2D eigenvalue weighted by molar-refractivity contribution is -0.140. The molecule has 1 aliphatic heterocycles. The average Bonchev–Trinajstić information content (AvgIpc) is 2.98. The third kappa shape index (κ3) is 8.57. The minimum absolute atomic E-state index is 0.0502. The van der Waals surface area contributed by atoms with Gasteiger partial charge in [0.1, 0.15) is 17.4 Å². The number of carboxylic acid groups (broad SMARTS) is 1. The van der Waals surface area contributed by atoms with Crippen LogP contribution in [0.2, 0.25) is 0 Å². The van der Waals surface area contributed by atoms with Gasteiger partial charge in [-0.2, -0.15) is 26.3 Å². The number of benzene rings is 2. The third-order valence-electron chi connectivity index (χ3n) is 9.51. The van der Waals surface area contributed by atoms with Gasteiger partial charge < -0.3 is 25.0 Å². The topological polar surface area (TPSA) is 97.8 Å². The fourth-order valence-electron chi connectivity index (χ4n) is 6.86. The summed E-state index contributed by atoms with van der Waals surface area (Å²) >= 11 is 0. The van der Waals surface area contributed by atoms with E-state index >= 15 is 8.78 Å². The Morgan fingerprint density at radius 1 is 1.00 bits per heavy atom. The molecule has 15 heteroatoms. The van der Waals surface area contributed by atoms with Gasteiger partial charge in [0, 0.05) is 41.9 Å². The van der Waals surface area contributed by atoms with Crippen LogP contribution in [0.1, 0.15) is 78.5 Å². The number of nitrogens with zero attached hydrogens (tertiary/aromatic N) is 2. The number of nitrogens with two attached hydrogens (primary N) is 1. The van der Waals surface area contributed by atoms with Crippen molar-refractivity contribution >= 4 is 5.97 Å². The second-order valence-corrected chi connectivity index (χ2v) is 13.5. The van der Waals surface area contributed by atoms with Gasteiger partial charge in [-0.15, -0.1) is 0 Å². The number of pyridine rings is 1. The second kappa shape index (κ2) is 15.3. The first-order valence-corrected chi connectivity index (χ1v) is 16.4. The van der Waals surface area contributed by atoms with E-state index in [1.54, 1.807) is 13.8 Å². The molecule has 0 radical (unpaired) electrons. The molecular formula is C36H41F8N3O4. The zero-order chi connectivity index (χ0) is 38.2. The summed E-state index contributed by atoms with van der Waals surface area (Å²) < 4.78 is 125. The first-order chi connectivity index (χ1) is 23.7. The van der Waals surface area contributed by atoms with Crippen LogP contribution in [0.5, 0.6) is 5.75 Å². The van der Waals surface area contributed by atoms with Crippen LogP contribution in [0.25, 0.3) is 11.1 Å². The van der Waals surface area contributed by atoms with Crippen LogP contribution in [0, 0.1) is 31.4 Å². The Hall–Kier alpha value is -3.98. The maximum atomic E-state index is 16.8. The molecule has 2 heterocycles. The molecule has 280 valence electrons. The zero-order valence-corrected chi connectivity index (χ0v) is 28.8. The van der Waals surface area contributed by atoms with E-state index in [4.69, 9.17) is 10.5 Å². The van der Waals surface area contributed by atoms with Crippen LogP contribution in [-0.4, -0.2) is 53.3 Å². The number of likely N-dealkylation sites (tertiary alicyclic amines) is 1. The SMILES string of the molecule is COc1ccc(C)c(-c2cc(C(F)(F)F)c(F)c([C@H](CC(=O)O)C(N)C(CC(C)C)n3cc(CCN4CCC4)c(C(F)(F)F)cc3=O)c2F)c1C. The Morgan fingerprint density at radius 2 is 1.63 bits per heavy atom. The van der Waals surface area contributed by atoms with Crippen molar-refractivity contribution in [2.45, 2.75) is 83.7 Å². The van der Waals surface area contributed by atoms with Crippen molar-refractivity contribution in [1.82, 2.24) is 9.47 Å². The number of halogens is 8. The van der Waals surface area contributed by atoms with Gasteiger partial charge in [-0.25, -0.2) is 8.78 Å². The largest absolute Gasteiger partial charge is 0.496 e. The maximum Gasteiger partial charge on any atom is 0.419 e. The van der Waals surface area contributed by atoms with Gasteiger partial charge in [-0.3, -0.25) is 9.59 Å². The van der Waals surface area contributed by atoms with Gasteiger partial charge in [-0.1, -0.05) is 19.9 Å². The summed E-state index contributed by atoms with van der Waals surface area (Å²) in [5.74, 6) is -7.43. The van der Waals surface area contributed by atoms with E-state index < -0.39 is 82.2 Å². The van der Waals surface area contributed by atoms with Crippen LogP contribution in [0.4, 0.5) is 35.1 Å². The fraction of sp³-hybridized carbons (Fsp3) is 0.500. The lowest BCUT2D eigenvalue weighted by Gasteiger charge is -2.35. The van der Waals surface area contributed by atoms with Gasteiger partial charge >= 0.3 is 18.3 Å². The molecule has 0 spiro atoms. The van der Waals surface area contributed by atoms with Crippen LogP contribution < -0.4 is 16.0 Å². The predicted molar refractivity (Wildman–Crippen MR) is 175 cm³/mol. The van der Waals surface area contributed by atoms with E-state index in [1.165, 1.54) is 33.1 Å². The van der Waals surface area contributed by atoms with Crippen molar-refractivity contribution < 1.29 is 49.8 Å². The highest BCUT2D eigenvalue weighted by Crippen LogP contribution is 2.45. The van der Waals surface area contributed by atoms with Gasteiger partial charge in [0.05, 0.1) is 30.7 Å². The third-order valence-corrected chi connectivity index (χ3v) is 9.51. The van der Waals surface area contributed by atoms with E-state index in [1.807, 2.05) is 4.90 Å². The number of alkyl halides is 6. The Balaban J connectivity index is 2.00. The highest BCUT2D eigenvalue weighted by molar-refractivity contribution is 5.76. The Labute approximate surface area is 290 Å². The molecule has 3 aromatic rings. The molecular weight excluding hydrogens is 690 g/mol. The highest BCUT2D eigenvalue weighted by Gasteiger charge is 2.43. The molecule has 0 bridgehead atoms. The number of carbonyl (C=O) groups is 1. The van der Waals surface area contributed by atoms with Gasteiger partial charge in [-0.05, 0) is 86.5 Å². The summed E-state index contributed by atoms with van der Waals surface area (Å²) in [5.41, 5.74) is 0.676. The van der Waals surface area contributed by atoms with Crippen molar-refractivity contribution in [2.24, 2.45) is 11.7 Å². The number of ether oxygens (including phenoxy) is 1. The maximum absolute atomic E-state index is 16.8. The van der Waals surface area contributed by atoms with E-state index in [0.717, 1.165) is 17.2 Å². The Morgan fingerprint density at radius 3 is 2.14 bits per heavy atom. The first-order valence-electron chi connectivity index (χ1n) is 16.4. The average molecular weight is 732 g/mol. The lowest BCUT2D eigenvalue weighted by atomic mass is 9.79. The standard InChI is InChI=1S/C36H41F8N3O4/c1-18(2)13-26(47-17-21(9-12-46-10-6-11-46)24(16-28(47)48)35(39,40)41)34(45)23(15-29(49)50)31-32(37)22(14-25(33(31)38)36(42,43)44)30-19(3)7-8-27(51-5)20(30)4/h7-8,14,16-18,23,26,34H,6,9-13,15,45H2,1-5H3,(H,49,50)/t23-,26?,34?/m0/s1. The Bertz CT molecular complexity index is 1820. The summed E-state index contributed by atoms with van der Waals surface area (Å²) in [6, 6.07) is 0.531. The van der Waals surface area contributed by atoms with E-state index in [-0.39, 0.29) is 47.7 Å². The number of aromatic nitrogens is 1. The van der Waals surface area contributed by atoms with Crippen molar-refractivity contribution in [3.05, 3.63) is 85.8 Å².